The zero-order chi connectivity index (χ0) is 14.9. The van der Waals surface area contributed by atoms with Crippen LogP contribution >= 0.6 is 15.9 Å². The summed E-state index contributed by atoms with van der Waals surface area (Å²) in [6.07, 6.45) is 5.72. The van der Waals surface area contributed by atoms with Gasteiger partial charge in [0.25, 0.3) is 0 Å². The summed E-state index contributed by atoms with van der Waals surface area (Å²) in [7, 11) is 0. The van der Waals surface area contributed by atoms with Gasteiger partial charge in [0.15, 0.2) is 0 Å². The Morgan fingerprint density at radius 3 is 2.81 bits per heavy atom. The molecule has 116 valence electrons. The molecule has 2 aliphatic rings. The van der Waals surface area contributed by atoms with Crippen LogP contribution in [0.25, 0.3) is 0 Å². The Morgan fingerprint density at radius 2 is 2.14 bits per heavy atom. The van der Waals surface area contributed by atoms with E-state index in [2.05, 4.69) is 28.2 Å². The summed E-state index contributed by atoms with van der Waals surface area (Å²) in [6.45, 7) is 3.86. The van der Waals surface area contributed by atoms with Gasteiger partial charge in [0.1, 0.15) is 5.82 Å². The van der Waals surface area contributed by atoms with Gasteiger partial charge in [0.05, 0.1) is 11.7 Å². The highest BCUT2D eigenvalue weighted by molar-refractivity contribution is 9.10. The zero-order valence-corrected chi connectivity index (χ0v) is 14.1. The highest BCUT2D eigenvalue weighted by Crippen LogP contribution is 2.41. The maximum absolute atomic E-state index is 14.2. The minimum atomic E-state index is -0.185. The van der Waals surface area contributed by atoms with Crippen LogP contribution in [-0.4, -0.2) is 18.7 Å². The first-order chi connectivity index (χ1) is 10.1. The Hall–Kier alpha value is -0.450. The molecule has 21 heavy (non-hydrogen) atoms. The van der Waals surface area contributed by atoms with Gasteiger partial charge in [-0.2, -0.15) is 0 Å². The van der Waals surface area contributed by atoms with E-state index in [0.29, 0.717) is 12.1 Å². The molecule has 1 aliphatic carbocycles. The smallest absolute Gasteiger partial charge is 0.130 e. The van der Waals surface area contributed by atoms with Gasteiger partial charge in [-0.3, -0.25) is 0 Å². The van der Waals surface area contributed by atoms with E-state index in [1.807, 2.05) is 12.1 Å². The van der Waals surface area contributed by atoms with Crippen molar-refractivity contribution in [2.24, 2.45) is 5.92 Å². The second-order valence-electron chi connectivity index (χ2n) is 6.44. The fraction of sp³-hybridized carbons (Fsp3) is 0.647. The summed E-state index contributed by atoms with van der Waals surface area (Å²) in [5.41, 5.74) is 0.580. The van der Waals surface area contributed by atoms with Crippen LogP contribution in [0.3, 0.4) is 0 Å². The Morgan fingerprint density at radius 1 is 1.38 bits per heavy atom. The first-order valence-electron chi connectivity index (χ1n) is 7.95. The molecule has 1 aromatic rings. The molecule has 1 aromatic carbocycles. The molecule has 1 saturated heterocycles. The summed E-state index contributed by atoms with van der Waals surface area (Å²) in [6, 6.07) is 5.24. The van der Waals surface area contributed by atoms with Gasteiger partial charge in [-0.25, -0.2) is 4.39 Å². The van der Waals surface area contributed by atoms with Crippen molar-refractivity contribution in [1.82, 2.24) is 5.32 Å². The number of nitrogens with one attached hydrogen (secondary N) is 1. The Balaban J connectivity index is 1.74. The molecule has 4 heteroatoms. The quantitative estimate of drug-likeness (QED) is 0.837. The van der Waals surface area contributed by atoms with Crippen LogP contribution in [0.2, 0.25) is 0 Å². The summed E-state index contributed by atoms with van der Waals surface area (Å²) in [5, 5.41) is 3.47. The lowest BCUT2D eigenvalue weighted by molar-refractivity contribution is -0.142. The van der Waals surface area contributed by atoms with Crippen LogP contribution in [0.15, 0.2) is 22.7 Å². The third-order valence-electron chi connectivity index (χ3n) is 5.07. The Labute approximate surface area is 134 Å². The Bertz CT molecular complexity index is 500. The molecular formula is C17H23BrFNO. The first kappa shape index (κ1) is 15.4. The van der Waals surface area contributed by atoms with Gasteiger partial charge >= 0.3 is 0 Å². The lowest BCUT2D eigenvalue weighted by Gasteiger charge is -2.46. The number of morpholine rings is 1. The van der Waals surface area contributed by atoms with Gasteiger partial charge in [0.2, 0.25) is 0 Å². The third-order valence-corrected chi connectivity index (χ3v) is 5.57. The van der Waals surface area contributed by atoms with Crippen LogP contribution in [0.4, 0.5) is 4.39 Å². The van der Waals surface area contributed by atoms with Gasteiger partial charge < -0.3 is 10.1 Å². The topological polar surface area (TPSA) is 21.3 Å². The van der Waals surface area contributed by atoms with E-state index in [9.17, 15) is 4.39 Å². The van der Waals surface area contributed by atoms with Crippen molar-refractivity contribution in [2.75, 3.05) is 13.1 Å². The average Bonchev–Trinajstić information content (AvgIpc) is 2.48. The summed E-state index contributed by atoms with van der Waals surface area (Å²) in [4.78, 5) is 0. The van der Waals surface area contributed by atoms with E-state index in [4.69, 9.17) is 4.74 Å². The molecule has 1 saturated carbocycles. The minimum absolute atomic E-state index is 0.0892. The molecule has 1 atom stereocenters. The molecular weight excluding hydrogens is 333 g/mol. The van der Waals surface area contributed by atoms with Gasteiger partial charge in [-0.1, -0.05) is 35.3 Å². The molecule has 0 bridgehead atoms. The average molecular weight is 356 g/mol. The van der Waals surface area contributed by atoms with E-state index in [1.54, 1.807) is 0 Å². The van der Waals surface area contributed by atoms with Crippen molar-refractivity contribution >= 4 is 15.9 Å². The predicted molar refractivity (Wildman–Crippen MR) is 85.8 cm³/mol. The van der Waals surface area contributed by atoms with E-state index in [-0.39, 0.29) is 17.5 Å². The molecule has 0 radical (unpaired) electrons. The SMILES string of the molecule is CCC1CCC2(CC1)CNCC(c1ccc(Br)cc1F)O2. The number of halogens is 2. The van der Waals surface area contributed by atoms with Gasteiger partial charge in [-0.15, -0.1) is 0 Å². The van der Waals surface area contributed by atoms with Crippen LogP contribution in [-0.2, 0) is 4.74 Å². The minimum Gasteiger partial charge on any atom is -0.364 e. The monoisotopic (exact) mass is 355 g/mol. The second-order valence-corrected chi connectivity index (χ2v) is 7.35. The molecule has 1 aliphatic heterocycles. The summed E-state index contributed by atoms with van der Waals surface area (Å²) >= 11 is 3.31. The molecule has 0 amide bonds. The highest BCUT2D eigenvalue weighted by atomic mass is 79.9. The van der Waals surface area contributed by atoms with Crippen molar-refractivity contribution in [3.63, 3.8) is 0 Å². The lowest BCUT2D eigenvalue weighted by atomic mass is 9.77. The fourth-order valence-corrected chi connectivity index (χ4v) is 3.99. The molecule has 2 nitrogen and oxygen atoms in total. The molecule has 0 aromatic heterocycles. The summed E-state index contributed by atoms with van der Waals surface area (Å²) < 4.78 is 21.3. The number of hydrogen-bond donors (Lipinski definition) is 1. The highest BCUT2D eigenvalue weighted by Gasteiger charge is 2.41. The van der Waals surface area contributed by atoms with Crippen molar-refractivity contribution in [1.29, 1.82) is 0 Å². The number of rotatable bonds is 2. The van der Waals surface area contributed by atoms with Crippen LogP contribution in [0.5, 0.6) is 0 Å². The second kappa shape index (κ2) is 6.35. The molecule has 1 heterocycles. The third kappa shape index (κ3) is 3.33. The van der Waals surface area contributed by atoms with Crippen molar-refractivity contribution in [3.8, 4) is 0 Å². The number of benzene rings is 1. The molecule has 2 fully saturated rings. The fourth-order valence-electron chi connectivity index (χ4n) is 3.66. The Kier molecular flexibility index (Phi) is 4.67. The van der Waals surface area contributed by atoms with Crippen molar-refractivity contribution in [2.45, 2.75) is 50.7 Å². The van der Waals surface area contributed by atoms with Crippen molar-refractivity contribution in [3.05, 3.63) is 34.1 Å². The first-order valence-corrected chi connectivity index (χ1v) is 8.75. The molecule has 1 N–H and O–H groups in total. The normalized spacial score (nSPS) is 33.3. The summed E-state index contributed by atoms with van der Waals surface area (Å²) in [5.74, 6) is 0.652. The zero-order valence-electron chi connectivity index (χ0n) is 12.5. The maximum atomic E-state index is 14.2. The molecule has 1 spiro atoms. The predicted octanol–water partition coefficient (Wildman–Crippen LogP) is 4.59. The molecule has 3 rings (SSSR count). The van der Waals surface area contributed by atoms with E-state index < -0.39 is 0 Å². The number of hydrogen-bond acceptors (Lipinski definition) is 2. The van der Waals surface area contributed by atoms with Gasteiger partial charge in [-0.05, 0) is 43.7 Å². The maximum Gasteiger partial charge on any atom is 0.130 e. The van der Waals surface area contributed by atoms with Crippen molar-refractivity contribution < 1.29 is 9.13 Å². The number of ether oxygens (including phenoxy) is 1. The standard InChI is InChI=1S/C17H23BrFNO/c1-2-12-5-7-17(8-6-12)11-20-10-16(21-17)14-4-3-13(18)9-15(14)19/h3-4,9,12,16,20H,2,5-8,10-11H2,1H3. The van der Waals surface area contributed by atoms with E-state index in [0.717, 1.165) is 29.8 Å². The van der Waals surface area contributed by atoms with Crippen LogP contribution in [0.1, 0.15) is 50.7 Å². The van der Waals surface area contributed by atoms with E-state index in [1.165, 1.54) is 25.3 Å². The largest absolute Gasteiger partial charge is 0.364 e. The van der Waals surface area contributed by atoms with E-state index >= 15 is 0 Å². The molecule has 1 unspecified atom stereocenters. The van der Waals surface area contributed by atoms with Gasteiger partial charge in [0, 0.05) is 23.1 Å². The lowest BCUT2D eigenvalue weighted by Crippen LogP contribution is -2.52. The van der Waals surface area contributed by atoms with Crippen LogP contribution in [0, 0.1) is 11.7 Å². The van der Waals surface area contributed by atoms with Crippen LogP contribution < -0.4 is 5.32 Å².